The van der Waals surface area contributed by atoms with Gasteiger partial charge in [-0.25, -0.2) is 0 Å². The molecule has 1 aliphatic carbocycles. The zero-order valence-electron chi connectivity index (χ0n) is 6.05. The van der Waals surface area contributed by atoms with E-state index in [0.29, 0.717) is 6.42 Å². The number of carbonyl (C=O) groups is 1. The summed E-state index contributed by atoms with van der Waals surface area (Å²) in [5.41, 5.74) is 5.55. The predicted molar refractivity (Wildman–Crippen MR) is 40.5 cm³/mol. The van der Waals surface area contributed by atoms with Gasteiger partial charge in [-0.2, -0.15) is 0 Å². The predicted octanol–water partition coefficient (Wildman–Crippen LogP) is 0.869. The molecule has 0 aromatic carbocycles. The molecular weight excluding hydrogens is 126 g/mol. The third-order valence-corrected chi connectivity index (χ3v) is 1.77. The molecule has 0 heterocycles. The lowest BCUT2D eigenvalue weighted by Gasteiger charge is -2.04. The normalized spacial score (nSPS) is 20.1. The summed E-state index contributed by atoms with van der Waals surface area (Å²) < 4.78 is 0. The average molecular weight is 139 g/mol. The second-order valence-electron chi connectivity index (χ2n) is 2.81. The van der Waals surface area contributed by atoms with Crippen molar-refractivity contribution in [3.8, 4) is 0 Å². The summed E-state index contributed by atoms with van der Waals surface area (Å²) >= 11 is 0. The molecule has 0 aliphatic heterocycles. The maximum absolute atomic E-state index is 11.1. The Kier molecular flexibility index (Phi) is 2.22. The maximum Gasteiger partial charge on any atom is 0.152 e. The van der Waals surface area contributed by atoms with Crippen LogP contribution in [0.3, 0.4) is 0 Å². The highest BCUT2D eigenvalue weighted by Gasteiger charge is 2.32. The van der Waals surface area contributed by atoms with Crippen molar-refractivity contribution in [2.75, 3.05) is 0 Å². The number of hydrogen-bond acceptors (Lipinski definition) is 2. The van der Waals surface area contributed by atoms with E-state index < -0.39 is 0 Å². The van der Waals surface area contributed by atoms with Crippen LogP contribution in [0, 0.1) is 5.92 Å². The van der Waals surface area contributed by atoms with Crippen LogP contribution in [0.5, 0.6) is 0 Å². The highest BCUT2D eigenvalue weighted by atomic mass is 16.1. The van der Waals surface area contributed by atoms with Crippen molar-refractivity contribution in [2.45, 2.75) is 25.3 Å². The lowest BCUT2D eigenvalue weighted by Crippen LogP contribution is -2.30. The Balaban J connectivity index is 2.30. The van der Waals surface area contributed by atoms with E-state index in [4.69, 9.17) is 5.73 Å². The van der Waals surface area contributed by atoms with Gasteiger partial charge >= 0.3 is 0 Å². The Bertz CT molecular complexity index is 149. The topological polar surface area (TPSA) is 43.1 Å². The van der Waals surface area contributed by atoms with Gasteiger partial charge in [0.1, 0.15) is 0 Å². The lowest BCUT2D eigenvalue weighted by atomic mass is 10.1. The largest absolute Gasteiger partial charge is 0.321 e. The van der Waals surface area contributed by atoms with E-state index in [1.807, 2.05) is 0 Å². The lowest BCUT2D eigenvalue weighted by molar-refractivity contribution is -0.121. The number of nitrogens with two attached hydrogens (primary N) is 1. The summed E-state index contributed by atoms with van der Waals surface area (Å²) in [6.07, 6.45) is 4.41. The maximum atomic E-state index is 11.1. The van der Waals surface area contributed by atoms with E-state index in [9.17, 15) is 4.79 Å². The summed E-state index contributed by atoms with van der Waals surface area (Å²) in [6.45, 7) is 3.53. The number of rotatable bonds is 4. The molecule has 56 valence electrons. The van der Waals surface area contributed by atoms with E-state index in [1.165, 1.54) is 0 Å². The molecule has 0 radical (unpaired) electrons. The van der Waals surface area contributed by atoms with Crippen molar-refractivity contribution in [3.63, 3.8) is 0 Å². The molecular formula is C8H13NO. The summed E-state index contributed by atoms with van der Waals surface area (Å²) in [5.74, 6) is 0.509. The van der Waals surface area contributed by atoms with Crippen molar-refractivity contribution < 1.29 is 4.79 Å². The highest BCUT2D eigenvalue weighted by molar-refractivity contribution is 5.88. The molecule has 2 N–H and O–H groups in total. The third-order valence-electron chi connectivity index (χ3n) is 1.77. The molecule has 0 spiro atoms. The minimum Gasteiger partial charge on any atom is -0.321 e. The molecule has 1 saturated carbocycles. The number of hydrogen-bond donors (Lipinski definition) is 1. The SMILES string of the molecule is C=CCC(N)C(=O)C1CC1. The average Bonchev–Trinajstić information content (AvgIpc) is 2.68. The van der Waals surface area contributed by atoms with E-state index in [0.717, 1.165) is 12.8 Å². The zero-order valence-corrected chi connectivity index (χ0v) is 6.05. The molecule has 10 heavy (non-hydrogen) atoms. The Hall–Kier alpha value is -0.630. The molecule has 0 amide bonds. The molecule has 0 saturated heterocycles. The number of carbonyl (C=O) groups excluding carboxylic acids is 1. The summed E-state index contributed by atoms with van der Waals surface area (Å²) in [5, 5.41) is 0. The van der Waals surface area contributed by atoms with Crippen LogP contribution in [0.15, 0.2) is 12.7 Å². The summed E-state index contributed by atoms with van der Waals surface area (Å²) in [7, 11) is 0. The number of ketones is 1. The van der Waals surface area contributed by atoms with Crippen LogP contribution in [0.1, 0.15) is 19.3 Å². The molecule has 0 aromatic rings. The van der Waals surface area contributed by atoms with E-state index in [-0.39, 0.29) is 17.7 Å². The van der Waals surface area contributed by atoms with Crippen LogP contribution >= 0.6 is 0 Å². The second kappa shape index (κ2) is 2.97. The fraction of sp³-hybridized carbons (Fsp3) is 0.625. The van der Waals surface area contributed by atoms with E-state index in [1.54, 1.807) is 6.08 Å². The fourth-order valence-corrected chi connectivity index (χ4v) is 0.966. The zero-order chi connectivity index (χ0) is 7.56. The molecule has 1 aliphatic rings. The first kappa shape index (κ1) is 7.48. The van der Waals surface area contributed by atoms with Crippen LogP contribution in [0.2, 0.25) is 0 Å². The first-order valence-corrected chi connectivity index (χ1v) is 3.66. The van der Waals surface area contributed by atoms with E-state index >= 15 is 0 Å². The first-order chi connectivity index (χ1) is 4.75. The van der Waals surface area contributed by atoms with Gasteiger partial charge in [0, 0.05) is 5.92 Å². The Morgan fingerprint density at radius 3 is 2.80 bits per heavy atom. The Morgan fingerprint density at radius 1 is 1.80 bits per heavy atom. The molecule has 1 fully saturated rings. The van der Waals surface area contributed by atoms with Crippen molar-refractivity contribution >= 4 is 5.78 Å². The molecule has 1 atom stereocenters. The number of Topliss-reactive ketones (excluding diaryl/α,β-unsaturated/α-hetero) is 1. The Labute approximate surface area is 61.1 Å². The first-order valence-electron chi connectivity index (χ1n) is 3.66. The second-order valence-corrected chi connectivity index (χ2v) is 2.81. The van der Waals surface area contributed by atoms with E-state index in [2.05, 4.69) is 6.58 Å². The van der Waals surface area contributed by atoms with Crippen LogP contribution in [-0.2, 0) is 4.79 Å². The van der Waals surface area contributed by atoms with Gasteiger partial charge in [0.05, 0.1) is 6.04 Å². The minimum atomic E-state index is -0.287. The summed E-state index contributed by atoms with van der Waals surface area (Å²) in [4.78, 5) is 11.1. The fourth-order valence-electron chi connectivity index (χ4n) is 0.966. The van der Waals surface area contributed by atoms with Gasteiger partial charge in [0.2, 0.25) is 0 Å². The smallest absolute Gasteiger partial charge is 0.152 e. The molecule has 0 aromatic heterocycles. The Morgan fingerprint density at radius 2 is 2.40 bits per heavy atom. The van der Waals surface area contributed by atoms with Crippen molar-refractivity contribution in [2.24, 2.45) is 11.7 Å². The quantitative estimate of drug-likeness (QED) is 0.587. The van der Waals surface area contributed by atoms with Crippen LogP contribution in [0.25, 0.3) is 0 Å². The third kappa shape index (κ3) is 1.67. The van der Waals surface area contributed by atoms with Crippen LogP contribution in [-0.4, -0.2) is 11.8 Å². The molecule has 1 rings (SSSR count). The molecule has 1 unspecified atom stereocenters. The van der Waals surface area contributed by atoms with Crippen LogP contribution in [0.4, 0.5) is 0 Å². The molecule has 2 heteroatoms. The van der Waals surface area contributed by atoms with Gasteiger partial charge in [0.15, 0.2) is 5.78 Å². The van der Waals surface area contributed by atoms with Crippen molar-refractivity contribution in [1.82, 2.24) is 0 Å². The van der Waals surface area contributed by atoms with Gasteiger partial charge < -0.3 is 5.73 Å². The van der Waals surface area contributed by atoms with Gasteiger partial charge in [-0.3, -0.25) is 4.79 Å². The van der Waals surface area contributed by atoms with Gasteiger partial charge in [-0.15, -0.1) is 6.58 Å². The van der Waals surface area contributed by atoms with Gasteiger partial charge in [-0.05, 0) is 19.3 Å². The standard InChI is InChI=1S/C8H13NO/c1-2-3-7(9)8(10)6-4-5-6/h2,6-7H,1,3-5,9H2. The minimum absolute atomic E-state index is 0.222. The van der Waals surface area contributed by atoms with Crippen LogP contribution < -0.4 is 5.73 Å². The summed E-state index contributed by atoms with van der Waals surface area (Å²) in [6, 6.07) is -0.287. The monoisotopic (exact) mass is 139 g/mol. The van der Waals surface area contributed by atoms with Gasteiger partial charge in [0.25, 0.3) is 0 Å². The molecule has 2 nitrogen and oxygen atoms in total. The molecule has 0 bridgehead atoms. The van der Waals surface area contributed by atoms with Crippen molar-refractivity contribution in [3.05, 3.63) is 12.7 Å². The highest BCUT2D eigenvalue weighted by Crippen LogP contribution is 2.30. The van der Waals surface area contributed by atoms with Crippen molar-refractivity contribution in [1.29, 1.82) is 0 Å². The van der Waals surface area contributed by atoms with Gasteiger partial charge in [-0.1, -0.05) is 6.08 Å².